The summed E-state index contributed by atoms with van der Waals surface area (Å²) in [6.45, 7) is 8.11. The summed E-state index contributed by atoms with van der Waals surface area (Å²) in [5.41, 5.74) is -0.480. The van der Waals surface area contributed by atoms with E-state index in [-0.39, 0.29) is 11.5 Å². The quantitative estimate of drug-likeness (QED) is 0.811. The number of aliphatic hydroxyl groups is 1. The average molecular weight is 247 g/mol. The summed E-state index contributed by atoms with van der Waals surface area (Å²) in [5.74, 6) is 0.862. The molecule has 1 saturated heterocycles. The predicted molar refractivity (Wildman–Crippen MR) is 65.5 cm³/mol. The molecule has 1 aliphatic heterocycles. The summed E-state index contributed by atoms with van der Waals surface area (Å²) in [4.78, 5) is 13.5. The molecule has 94 valence electrons. The van der Waals surface area contributed by atoms with E-state index in [9.17, 15) is 9.90 Å². The molecular weight excluding hydrogens is 226 g/mol. The molecule has 16 heavy (non-hydrogen) atoms. The lowest BCUT2D eigenvalue weighted by Gasteiger charge is -2.29. The van der Waals surface area contributed by atoms with Crippen LogP contribution >= 0.6 is 11.8 Å². The number of nitrogens with zero attached hydrogens (tertiary/aromatic N) is 1. The van der Waals surface area contributed by atoms with E-state index in [4.69, 9.17) is 4.74 Å². The first-order chi connectivity index (χ1) is 7.35. The third-order valence-corrected chi connectivity index (χ3v) is 3.63. The Hall–Kier alpha value is -0.420. The normalized spacial score (nSPS) is 23.3. The summed E-state index contributed by atoms with van der Waals surface area (Å²) < 4.78 is 5.31. The fourth-order valence-electron chi connectivity index (χ4n) is 1.53. The SMILES string of the molecule is CC[C@H](O)[C@H]1SCCN1C(=O)OC(C)(C)C. The Kier molecular flexibility index (Phi) is 4.50. The number of rotatable bonds is 2. The summed E-state index contributed by atoms with van der Waals surface area (Å²) in [5, 5.41) is 9.65. The Bertz CT molecular complexity index is 252. The molecular formula is C11H21NO3S. The van der Waals surface area contributed by atoms with Crippen molar-refractivity contribution in [3.63, 3.8) is 0 Å². The van der Waals surface area contributed by atoms with Crippen molar-refractivity contribution in [3.05, 3.63) is 0 Å². The van der Waals surface area contributed by atoms with Crippen LogP contribution in [0.4, 0.5) is 4.79 Å². The standard InChI is InChI=1S/C11H21NO3S/c1-5-8(13)9-12(6-7-16-9)10(14)15-11(2,3)4/h8-9,13H,5-7H2,1-4H3/t8-,9+/m0/s1. The highest BCUT2D eigenvalue weighted by Crippen LogP contribution is 2.29. The summed E-state index contributed by atoms with van der Waals surface area (Å²) in [6, 6.07) is 0. The molecule has 0 saturated carbocycles. The number of aliphatic hydroxyl groups excluding tert-OH is 1. The molecule has 2 atom stereocenters. The first-order valence-electron chi connectivity index (χ1n) is 5.64. The van der Waals surface area contributed by atoms with E-state index in [0.717, 1.165) is 5.75 Å². The van der Waals surface area contributed by atoms with E-state index in [2.05, 4.69) is 0 Å². The Morgan fingerprint density at radius 3 is 2.75 bits per heavy atom. The van der Waals surface area contributed by atoms with Gasteiger partial charge in [-0.15, -0.1) is 11.8 Å². The number of carbonyl (C=O) groups excluding carboxylic acids is 1. The molecule has 1 heterocycles. The van der Waals surface area contributed by atoms with Gasteiger partial charge in [-0.1, -0.05) is 6.92 Å². The number of hydrogen-bond donors (Lipinski definition) is 1. The van der Waals surface area contributed by atoms with Gasteiger partial charge < -0.3 is 9.84 Å². The zero-order valence-electron chi connectivity index (χ0n) is 10.4. The second kappa shape index (κ2) is 5.27. The molecule has 0 spiro atoms. The third kappa shape index (κ3) is 3.56. The fourth-order valence-corrected chi connectivity index (χ4v) is 2.85. The predicted octanol–water partition coefficient (Wildman–Crippen LogP) is 2.07. The van der Waals surface area contributed by atoms with Crippen molar-refractivity contribution < 1.29 is 14.6 Å². The summed E-state index contributed by atoms with van der Waals surface area (Å²) in [6.07, 6.45) is -0.147. The Labute approximate surface area is 101 Å². The van der Waals surface area contributed by atoms with Crippen LogP contribution in [-0.4, -0.2) is 45.5 Å². The molecule has 0 radical (unpaired) electrons. The first-order valence-corrected chi connectivity index (χ1v) is 6.69. The molecule has 1 amide bonds. The zero-order valence-corrected chi connectivity index (χ0v) is 11.2. The first kappa shape index (κ1) is 13.6. The molecule has 1 aliphatic rings. The van der Waals surface area contributed by atoms with Crippen LogP contribution in [0.1, 0.15) is 34.1 Å². The van der Waals surface area contributed by atoms with Gasteiger partial charge in [0.15, 0.2) is 0 Å². The van der Waals surface area contributed by atoms with Crippen LogP contribution in [-0.2, 0) is 4.74 Å². The number of ether oxygens (including phenoxy) is 1. The van der Waals surface area contributed by atoms with Gasteiger partial charge in [0.25, 0.3) is 0 Å². The van der Waals surface area contributed by atoms with Crippen molar-refractivity contribution in [1.82, 2.24) is 4.90 Å². The molecule has 0 aromatic rings. The molecule has 0 aliphatic carbocycles. The van der Waals surface area contributed by atoms with Crippen molar-refractivity contribution in [2.24, 2.45) is 0 Å². The van der Waals surface area contributed by atoms with Crippen molar-refractivity contribution in [3.8, 4) is 0 Å². The lowest BCUT2D eigenvalue weighted by molar-refractivity contribution is 0.0132. The van der Waals surface area contributed by atoms with Crippen molar-refractivity contribution in [2.45, 2.75) is 51.2 Å². The van der Waals surface area contributed by atoms with Gasteiger partial charge in [-0.3, -0.25) is 4.90 Å². The fraction of sp³-hybridized carbons (Fsp3) is 0.909. The molecule has 4 nitrogen and oxygen atoms in total. The minimum Gasteiger partial charge on any atom is -0.444 e. The molecule has 0 aromatic carbocycles. The summed E-state index contributed by atoms with van der Waals surface area (Å²) >= 11 is 1.61. The second-order valence-electron chi connectivity index (χ2n) is 4.91. The van der Waals surface area contributed by atoms with Crippen LogP contribution in [0.15, 0.2) is 0 Å². The Morgan fingerprint density at radius 2 is 2.25 bits per heavy atom. The van der Waals surface area contributed by atoms with Crippen LogP contribution < -0.4 is 0 Å². The molecule has 1 fully saturated rings. The minimum absolute atomic E-state index is 0.153. The van der Waals surface area contributed by atoms with Crippen LogP contribution in [0.25, 0.3) is 0 Å². The number of hydrogen-bond acceptors (Lipinski definition) is 4. The van der Waals surface area contributed by atoms with Gasteiger partial charge in [-0.25, -0.2) is 4.79 Å². The molecule has 0 unspecified atom stereocenters. The Morgan fingerprint density at radius 1 is 1.62 bits per heavy atom. The van der Waals surface area contributed by atoms with E-state index < -0.39 is 11.7 Å². The largest absolute Gasteiger partial charge is 0.444 e. The van der Waals surface area contributed by atoms with Gasteiger partial charge >= 0.3 is 6.09 Å². The smallest absolute Gasteiger partial charge is 0.411 e. The zero-order chi connectivity index (χ0) is 12.3. The number of amides is 1. The van der Waals surface area contributed by atoms with Gasteiger partial charge in [0, 0.05) is 12.3 Å². The van der Waals surface area contributed by atoms with Gasteiger partial charge in [-0.05, 0) is 27.2 Å². The maximum atomic E-state index is 11.9. The van der Waals surface area contributed by atoms with E-state index in [1.165, 1.54) is 0 Å². The number of thioether (sulfide) groups is 1. The van der Waals surface area contributed by atoms with Crippen LogP contribution in [0.5, 0.6) is 0 Å². The Balaban J connectivity index is 2.61. The van der Waals surface area contributed by atoms with E-state index in [1.54, 1.807) is 16.7 Å². The molecule has 1 rings (SSSR count). The van der Waals surface area contributed by atoms with Crippen LogP contribution in [0, 0.1) is 0 Å². The molecule has 1 N–H and O–H groups in total. The lowest BCUT2D eigenvalue weighted by atomic mass is 10.2. The molecule has 0 bridgehead atoms. The monoisotopic (exact) mass is 247 g/mol. The van der Waals surface area contributed by atoms with Crippen molar-refractivity contribution >= 4 is 17.9 Å². The van der Waals surface area contributed by atoms with Gasteiger partial charge in [0.1, 0.15) is 11.0 Å². The van der Waals surface area contributed by atoms with E-state index >= 15 is 0 Å². The lowest BCUT2D eigenvalue weighted by Crippen LogP contribution is -2.44. The van der Waals surface area contributed by atoms with Gasteiger partial charge in [-0.2, -0.15) is 0 Å². The van der Waals surface area contributed by atoms with Gasteiger partial charge in [0.05, 0.1) is 6.10 Å². The highest BCUT2D eigenvalue weighted by atomic mass is 32.2. The van der Waals surface area contributed by atoms with Crippen molar-refractivity contribution in [2.75, 3.05) is 12.3 Å². The summed E-state index contributed by atoms with van der Waals surface area (Å²) in [7, 11) is 0. The third-order valence-electron chi connectivity index (χ3n) is 2.30. The highest BCUT2D eigenvalue weighted by Gasteiger charge is 2.36. The van der Waals surface area contributed by atoms with Crippen molar-refractivity contribution in [1.29, 1.82) is 0 Å². The topological polar surface area (TPSA) is 49.8 Å². The molecule has 5 heteroatoms. The second-order valence-corrected chi connectivity index (χ2v) is 6.14. The van der Waals surface area contributed by atoms with E-state index in [0.29, 0.717) is 13.0 Å². The average Bonchev–Trinajstić information content (AvgIpc) is 2.62. The number of carbonyl (C=O) groups is 1. The minimum atomic E-state index is -0.480. The molecule has 0 aromatic heterocycles. The maximum absolute atomic E-state index is 11.9. The van der Waals surface area contributed by atoms with Crippen LogP contribution in [0.2, 0.25) is 0 Å². The van der Waals surface area contributed by atoms with Gasteiger partial charge in [0.2, 0.25) is 0 Å². The van der Waals surface area contributed by atoms with Crippen LogP contribution in [0.3, 0.4) is 0 Å². The van der Waals surface area contributed by atoms with E-state index in [1.807, 2.05) is 27.7 Å². The maximum Gasteiger partial charge on any atom is 0.411 e. The highest BCUT2D eigenvalue weighted by molar-refractivity contribution is 8.00.